The van der Waals surface area contributed by atoms with E-state index in [0.29, 0.717) is 5.92 Å². The summed E-state index contributed by atoms with van der Waals surface area (Å²) in [6.45, 7) is 23.4. The smallest absolute Gasteiger partial charge is 0.216 e. The minimum absolute atomic E-state index is 0.500. The summed E-state index contributed by atoms with van der Waals surface area (Å²) in [5.74, 6) is -0.140. The third-order valence-electron chi connectivity index (χ3n) is 21.6. The van der Waals surface area contributed by atoms with E-state index in [9.17, 15) is 0 Å². The predicted molar refractivity (Wildman–Crippen MR) is 459 cm³/mol. The highest BCUT2D eigenvalue weighted by Crippen LogP contribution is 2.41. The Bertz CT molecular complexity index is 6360. The third-order valence-corrected chi connectivity index (χ3v) is 21.6. The zero-order valence-corrected chi connectivity index (χ0v) is 66.9. The van der Waals surface area contributed by atoms with Crippen molar-refractivity contribution in [3.8, 4) is 78.5 Å². The average Bonchev–Trinajstić information content (AvgIpc) is 1.65. The van der Waals surface area contributed by atoms with Gasteiger partial charge in [0.05, 0.1) is 16.7 Å². The first-order valence-electron chi connectivity index (χ1n) is 38.9. The van der Waals surface area contributed by atoms with Gasteiger partial charge in [-0.1, -0.05) is 216 Å². The standard InChI is InChI=1S/2C22H22NO.2C20H20N.C19H16NO/c2*1-14(2)16-11-12-23(4)19(13-16)21-15(3)9-10-18-17-7-5-6-8-20(17)24-22(18)21;2*1-15-9-7-8-12-18(15)20-13-16(2)19(14-21(20)3)17-10-5-4-6-11-17;1-13-10-11-15-14-7-3-4-9-17(14)21-19(15)18(13)16-8-5-6-12-20(16)2/h2*5-14H,1-4H3;2*4-14H,1-3H3;3-12H,1-2H3/q5*+1/i14D;;;;. The SMILES string of the molecule is Cc1cc(-c2ccccc2C)[n+](C)cc1-c1ccccc1.Cc1cc(-c2ccccc2C)[n+](C)cc1-c1ccccc1.Cc1ccc2c(oc3ccccc32)c1-c1cc(C(C)C)cc[n+]1C.Cc1ccc2c(oc3ccccc32)c1-c1cccc[n+]1C.[2H]C(C)(C)c1cc[n+](C)c(-c2c(C)ccc3c2oc2ccccc23)c1. The summed E-state index contributed by atoms with van der Waals surface area (Å²) >= 11 is 0. The highest BCUT2D eigenvalue weighted by molar-refractivity contribution is 6.12. The van der Waals surface area contributed by atoms with Crippen LogP contribution in [0.25, 0.3) is 144 Å². The molecule has 0 saturated heterocycles. The lowest BCUT2D eigenvalue weighted by Crippen LogP contribution is -2.31. The first kappa shape index (κ1) is 73.8. The van der Waals surface area contributed by atoms with E-state index in [-0.39, 0.29) is 0 Å². The second kappa shape index (κ2) is 32.7. The van der Waals surface area contributed by atoms with Gasteiger partial charge in [0, 0.05) is 104 Å². The van der Waals surface area contributed by atoms with Crippen LogP contribution in [0.4, 0.5) is 0 Å². The van der Waals surface area contributed by atoms with E-state index in [2.05, 4.69) is 357 Å². The van der Waals surface area contributed by atoms with E-state index in [1.165, 1.54) is 133 Å². The van der Waals surface area contributed by atoms with Crippen LogP contribution in [0.1, 0.15) is 90.9 Å². The van der Waals surface area contributed by atoms with Crippen molar-refractivity contribution in [2.75, 3.05) is 0 Å². The van der Waals surface area contributed by atoms with Gasteiger partial charge in [0.15, 0.2) is 31.0 Å². The predicted octanol–water partition coefficient (Wildman–Crippen LogP) is 24.3. The molecule has 8 nitrogen and oxygen atoms in total. The number of para-hydroxylation sites is 3. The quantitative estimate of drug-likeness (QED) is 0.135. The van der Waals surface area contributed by atoms with Gasteiger partial charge in [0.2, 0.25) is 28.5 Å². The number of benzene rings is 10. The molecule has 18 aromatic rings. The third kappa shape index (κ3) is 15.6. The van der Waals surface area contributed by atoms with Gasteiger partial charge < -0.3 is 13.3 Å². The second-order valence-electron chi connectivity index (χ2n) is 30.0. The van der Waals surface area contributed by atoms with Crippen molar-refractivity contribution >= 4 is 65.8 Å². The molecule has 0 N–H and O–H groups in total. The number of rotatable bonds is 9. The molecule has 0 amide bonds. The fraction of sp³-hybridized carbons (Fsp3) is 0.175. The maximum absolute atomic E-state index is 8.37. The van der Waals surface area contributed by atoms with Crippen LogP contribution in [0.3, 0.4) is 0 Å². The maximum atomic E-state index is 8.37. The highest BCUT2D eigenvalue weighted by Gasteiger charge is 2.26. The van der Waals surface area contributed by atoms with Gasteiger partial charge >= 0.3 is 0 Å². The van der Waals surface area contributed by atoms with Gasteiger partial charge in [-0.2, -0.15) is 0 Å². The molecular weight excluding hydrogens is 1360 g/mol. The van der Waals surface area contributed by atoms with E-state index in [1.807, 2.05) is 81.7 Å². The summed E-state index contributed by atoms with van der Waals surface area (Å²) in [5.41, 5.74) is 33.9. The molecule has 0 saturated carbocycles. The number of pyridine rings is 5. The lowest BCUT2D eigenvalue weighted by atomic mass is 9.97. The van der Waals surface area contributed by atoms with Crippen molar-refractivity contribution in [3.63, 3.8) is 0 Å². The molecule has 18 rings (SSSR count). The number of fused-ring (bicyclic) bond motifs is 9. The highest BCUT2D eigenvalue weighted by atomic mass is 16.3. The average molecular weight is 1460 g/mol. The van der Waals surface area contributed by atoms with Crippen molar-refractivity contribution < 1.29 is 37.5 Å². The van der Waals surface area contributed by atoms with E-state index in [0.717, 1.165) is 61.1 Å². The summed E-state index contributed by atoms with van der Waals surface area (Å²) < 4.78 is 37.9. The molecular formula is C103H100N5O3+5. The van der Waals surface area contributed by atoms with Crippen molar-refractivity contribution in [1.82, 2.24) is 0 Å². The summed E-state index contributed by atoms with van der Waals surface area (Å²) in [4.78, 5) is 0. The van der Waals surface area contributed by atoms with Crippen LogP contribution in [-0.4, -0.2) is 0 Å². The second-order valence-corrected chi connectivity index (χ2v) is 30.0. The minimum Gasteiger partial charge on any atom is -0.455 e. The Morgan fingerprint density at radius 2 is 0.604 bits per heavy atom. The number of furan rings is 3. The van der Waals surface area contributed by atoms with Gasteiger partial charge in [-0.3, -0.25) is 0 Å². The molecule has 0 aliphatic heterocycles. The van der Waals surface area contributed by atoms with Gasteiger partial charge in [0.1, 0.15) is 68.7 Å². The first-order chi connectivity index (χ1) is 54.0. The van der Waals surface area contributed by atoms with Gasteiger partial charge in [-0.05, 0) is 158 Å². The number of hydrogen-bond acceptors (Lipinski definition) is 3. The zero-order chi connectivity index (χ0) is 78.6. The molecule has 550 valence electrons. The fourth-order valence-electron chi connectivity index (χ4n) is 15.3. The molecule has 10 aromatic carbocycles. The van der Waals surface area contributed by atoms with Crippen molar-refractivity contribution in [2.45, 2.75) is 88.0 Å². The zero-order valence-electron chi connectivity index (χ0n) is 67.9. The van der Waals surface area contributed by atoms with Crippen LogP contribution in [0.15, 0.2) is 317 Å². The summed E-state index contributed by atoms with van der Waals surface area (Å²) in [5, 5.41) is 6.98. The monoisotopic (exact) mass is 1460 g/mol. The number of hydrogen-bond donors (Lipinski definition) is 0. The summed E-state index contributed by atoms with van der Waals surface area (Å²) in [6.07, 6.45) is 10.7. The van der Waals surface area contributed by atoms with Crippen molar-refractivity contribution in [3.05, 3.63) is 354 Å². The molecule has 0 atom stereocenters. The Kier molecular flexibility index (Phi) is 21.7. The molecule has 8 heteroatoms. The van der Waals surface area contributed by atoms with Crippen LogP contribution in [0, 0.1) is 48.5 Å². The molecule has 0 spiro atoms. The maximum Gasteiger partial charge on any atom is 0.216 e. The molecule has 111 heavy (non-hydrogen) atoms. The Morgan fingerprint density at radius 1 is 0.261 bits per heavy atom. The lowest BCUT2D eigenvalue weighted by Gasteiger charge is -2.09. The minimum atomic E-state index is -0.640. The van der Waals surface area contributed by atoms with Crippen molar-refractivity contribution in [1.29, 1.82) is 0 Å². The topological polar surface area (TPSA) is 58.8 Å². The number of aromatic nitrogens is 5. The Balaban J connectivity index is 0.000000116. The Labute approximate surface area is 655 Å². The molecule has 0 fully saturated rings. The number of aryl methyl sites for hydroxylation is 12. The Hall–Kier alpha value is -12.7. The fourth-order valence-corrected chi connectivity index (χ4v) is 15.3. The van der Waals surface area contributed by atoms with E-state index < -0.39 is 5.89 Å². The summed E-state index contributed by atoms with van der Waals surface area (Å²) in [7, 11) is 10.4. The van der Waals surface area contributed by atoms with Gasteiger partial charge in [-0.25, -0.2) is 22.8 Å². The van der Waals surface area contributed by atoms with Gasteiger partial charge in [0.25, 0.3) is 0 Å². The first-order valence-corrected chi connectivity index (χ1v) is 38.4. The normalized spacial score (nSPS) is 11.5. The molecule has 0 unspecified atom stereocenters. The molecule has 8 aromatic heterocycles. The Morgan fingerprint density at radius 3 is 0.991 bits per heavy atom. The van der Waals surface area contributed by atoms with E-state index in [1.54, 1.807) is 0 Å². The lowest BCUT2D eigenvalue weighted by molar-refractivity contribution is -0.660. The van der Waals surface area contributed by atoms with Crippen LogP contribution in [0.2, 0.25) is 0 Å². The molecule has 0 radical (unpaired) electrons. The number of nitrogens with zero attached hydrogens (tertiary/aromatic N) is 5. The largest absolute Gasteiger partial charge is 0.455 e. The summed E-state index contributed by atoms with van der Waals surface area (Å²) in [6, 6.07) is 95.2. The molecule has 0 bridgehead atoms. The van der Waals surface area contributed by atoms with Crippen LogP contribution in [0.5, 0.6) is 0 Å². The molecule has 0 aliphatic carbocycles. The molecule has 8 heterocycles. The van der Waals surface area contributed by atoms with Crippen LogP contribution < -0.4 is 22.8 Å². The van der Waals surface area contributed by atoms with Crippen LogP contribution >= 0.6 is 0 Å². The van der Waals surface area contributed by atoms with E-state index in [4.69, 9.17) is 14.6 Å². The van der Waals surface area contributed by atoms with E-state index >= 15 is 0 Å². The molecule has 0 aliphatic rings. The van der Waals surface area contributed by atoms with Crippen LogP contribution in [-0.2, 0) is 35.2 Å². The van der Waals surface area contributed by atoms with Crippen molar-refractivity contribution in [2.24, 2.45) is 35.2 Å². The van der Waals surface area contributed by atoms with Gasteiger partial charge in [-0.15, -0.1) is 0 Å².